The first kappa shape index (κ1) is 13.6. The van der Waals surface area contributed by atoms with Gasteiger partial charge in [0.2, 0.25) is 0 Å². The van der Waals surface area contributed by atoms with Crippen LogP contribution in [0.1, 0.15) is 32.4 Å². The van der Waals surface area contributed by atoms with Gasteiger partial charge in [-0.2, -0.15) is 5.10 Å². The standard InChI is InChI=1S/C15H21BrN2/c1-4-9-15(2,11-16)10-13-12-7-5-6-8-14(12)18(3)17-13/h5-8H,4,9-11H2,1-3H3. The van der Waals surface area contributed by atoms with Crippen LogP contribution in [0.25, 0.3) is 10.9 Å². The first-order valence-electron chi connectivity index (χ1n) is 6.56. The van der Waals surface area contributed by atoms with Crippen molar-refractivity contribution in [3.63, 3.8) is 0 Å². The average Bonchev–Trinajstić information content (AvgIpc) is 2.67. The van der Waals surface area contributed by atoms with Gasteiger partial charge in [0, 0.05) is 17.8 Å². The number of hydrogen-bond donors (Lipinski definition) is 0. The van der Waals surface area contributed by atoms with Crippen LogP contribution in [0.3, 0.4) is 0 Å². The number of para-hydroxylation sites is 1. The maximum absolute atomic E-state index is 4.70. The summed E-state index contributed by atoms with van der Waals surface area (Å²) >= 11 is 3.67. The molecule has 1 unspecified atom stereocenters. The van der Waals surface area contributed by atoms with Crippen molar-refractivity contribution in [1.82, 2.24) is 9.78 Å². The molecule has 2 nitrogen and oxygen atoms in total. The highest BCUT2D eigenvalue weighted by atomic mass is 79.9. The fourth-order valence-electron chi connectivity index (χ4n) is 2.63. The molecule has 18 heavy (non-hydrogen) atoms. The minimum atomic E-state index is 0.297. The van der Waals surface area contributed by atoms with Crippen LogP contribution in [0.4, 0.5) is 0 Å². The summed E-state index contributed by atoms with van der Waals surface area (Å²) in [6.07, 6.45) is 3.48. The Kier molecular flexibility index (Phi) is 4.10. The molecule has 0 aliphatic carbocycles. The second kappa shape index (κ2) is 5.43. The lowest BCUT2D eigenvalue weighted by atomic mass is 9.83. The predicted octanol–water partition coefficient (Wildman–Crippen LogP) is 4.32. The lowest BCUT2D eigenvalue weighted by Gasteiger charge is -2.26. The lowest BCUT2D eigenvalue weighted by Crippen LogP contribution is -2.21. The smallest absolute Gasteiger partial charge is 0.0708 e. The van der Waals surface area contributed by atoms with E-state index in [1.54, 1.807) is 0 Å². The minimum absolute atomic E-state index is 0.297. The molecule has 1 heterocycles. The molecule has 0 saturated heterocycles. The molecular formula is C15H21BrN2. The number of halogens is 1. The van der Waals surface area contributed by atoms with Crippen molar-refractivity contribution in [2.45, 2.75) is 33.1 Å². The fourth-order valence-corrected chi connectivity index (χ4v) is 3.11. The molecule has 2 aromatic rings. The Morgan fingerprint density at radius 1 is 1.33 bits per heavy atom. The predicted molar refractivity (Wildman–Crippen MR) is 81.2 cm³/mol. The topological polar surface area (TPSA) is 17.8 Å². The van der Waals surface area contributed by atoms with E-state index < -0.39 is 0 Å². The van der Waals surface area contributed by atoms with E-state index in [4.69, 9.17) is 5.10 Å². The summed E-state index contributed by atoms with van der Waals surface area (Å²) in [5, 5.41) is 7.02. The van der Waals surface area contributed by atoms with Gasteiger partial charge in [0.1, 0.15) is 0 Å². The maximum Gasteiger partial charge on any atom is 0.0708 e. The number of alkyl halides is 1. The minimum Gasteiger partial charge on any atom is -0.268 e. The average molecular weight is 309 g/mol. The van der Waals surface area contributed by atoms with Crippen molar-refractivity contribution in [2.75, 3.05) is 5.33 Å². The van der Waals surface area contributed by atoms with Crippen molar-refractivity contribution in [3.05, 3.63) is 30.0 Å². The molecule has 0 aliphatic rings. The van der Waals surface area contributed by atoms with Crippen LogP contribution in [0.5, 0.6) is 0 Å². The second-order valence-electron chi connectivity index (χ2n) is 5.46. The largest absolute Gasteiger partial charge is 0.268 e. The van der Waals surface area contributed by atoms with Gasteiger partial charge in [-0.3, -0.25) is 4.68 Å². The van der Waals surface area contributed by atoms with E-state index in [1.807, 2.05) is 11.7 Å². The zero-order chi connectivity index (χ0) is 13.2. The molecule has 3 heteroatoms. The highest BCUT2D eigenvalue weighted by Crippen LogP contribution is 2.32. The van der Waals surface area contributed by atoms with E-state index in [2.05, 4.69) is 54.0 Å². The van der Waals surface area contributed by atoms with E-state index >= 15 is 0 Å². The Morgan fingerprint density at radius 2 is 2.06 bits per heavy atom. The summed E-state index contributed by atoms with van der Waals surface area (Å²) in [6.45, 7) is 4.59. The van der Waals surface area contributed by atoms with E-state index in [-0.39, 0.29) is 0 Å². The van der Waals surface area contributed by atoms with Gasteiger partial charge >= 0.3 is 0 Å². The third-order valence-electron chi connectivity index (χ3n) is 3.60. The van der Waals surface area contributed by atoms with Crippen LogP contribution in [0.2, 0.25) is 0 Å². The molecule has 0 saturated carbocycles. The van der Waals surface area contributed by atoms with Gasteiger partial charge in [0.25, 0.3) is 0 Å². The van der Waals surface area contributed by atoms with Gasteiger partial charge in [0.05, 0.1) is 11.2 Å². The van der Waals surface area contributed by atoms with Gasteiger partial charge in [-0.25, -0.2) is 0 Å². The van der Waals surface area contributed by atoms with E-state index in [1.165, 1.54) is 29.4 Å². The molecule has 0 spiro atoms. The Labute approximate surface area is 118 Å². The number of aryl methyl sites for hydroxylation is 1. The third-order valence-corrected chi connectivity index (χ3v) is 4.96. The molecule has 0 amide bonds. The number of aromatic nitrogens is 2. The van der Waals surface area contributed by atoms with Gasteiger partial charge in [0.15, 0.2) is 0 Å². The van der Waals surface area contributed by atoms with E-state index in [0.717, 1.165) is 11.8 Å². The normalized spacial score (nSPS) is 14.9. The molecule has 0 radical (unpaired) electrons. The first-order valence-corrected chi connectivity index (χ1v) is 7.68. The monoisotopic (exact) mass is 308 g/mol. The van der Waals surface area contributed by atoms with Crippen molar-refractivity contribution < 1.29 is 0 Å². The van der Waals surface area contributed by atoms with Crippen LogP contribution in [-0.2, 0) is 13.5 Å². The number of fused-ring (bicyclic) bond motifs is 1. The van der Waals surface area contributed by atoms with Crippen molar-refractivity contribution in [2.24, 2.45) is 12.5 Å². The quantitative estimate of drug-likeness (QED) is 0.752. The van der Waals surface area contributed by atoms with Crippen LogP contribution in [-0.4, -0.2) is 15.1 Å². The summed E-state index contributed by atoms with van der Waals surface area (Å²) in [5.74, 6) is 0. The highest BCUT2D eigenvalue weighted by molar-refractivity contribution is 9.09. The molecule has 1 aromatic carbocycles. The SMILES string of the molecule is CCCC(C)(CBr)Cc1nn(C)c2ccccc12. The lowest BCUT2D eigenvalue weighted by molar-refractivity contribution is 0.337. The first-order chi connectivity index (χ1) is 8.59. The van der Waals surface area contributed by atoms with Gasteiger partial charge in [-0.1, -0.05) is 54.4 Å². The molecule has 98 valence electrons. The summed E-state index contributed by atoms with van der Waals surface area (Å²) in [6, 6.07) is 8.48. The zero-order valence-electron chi connectivity index (χ0n) is 11.4. The number of rotatable bonds is 5. The van der Waals surface area contributed by atoms with Crippen LogP contribution in [0, 0.1) is 5.41 Å². The zero-order valence-corrected chi connectivity index (χ0v) is 13.0. The highest BCUT2D eigenvalue weighted by Gasteiger charge is 2.25. The Bertz CT molecular complexity index is 532. The van der Waals surface area contributed by atoms with E-state index in [0.29, 0.717) is 5.41 Å². The maximum atomic E-state index is 4.70. The van der Waals surface area contributed by atoms with Crippen molar-refractivity contribution in [1.29, 1.82) is 0 Å². The van der Waals surface area contributed by atoms with Crippen LogP contribution in [0.15, 0.2) is 24.3 Å². The van der Waals surface area contributed by atoms with Crippen molar-refractivity contribution >= 4 is 26.8 Å². The fraction of sp³-hybridized carbons (Fsp3) is 0.533. The molecule has 2 rings (SSSR count). The molecular weight excluding hydrogens is 288 g/mol. The molecule has 1 atom stereocenters. The summed E-state index contributed by atoms with van der Waals surface area (Å²) < 4.78 is 1.99. The molecule has 0 N–H and O–H groups in total. The van der Waals surface area contributed by atoms with Gasteiger partial charge in [-0.05, 0) is 24.3 Å². The summed E-state index contributed by atoms with van der Waals surface area (Å²) in [4.78, 5) is 0. The summed E-state index contributed by atoms with van der Waals surface area (Å²) in [5.41, 5.74) is 2.75. The van der Waals surface area contributed by atoms with Crippen molar-refractivity contribution in [3.8, 4) is 0 Å². The Hall–Kier alpha value is -0.830. The number of nitrogens with zero attached hydrogens (tertiary/aromatic N) is 2. The van der Waals surface area contributed by atoms with Gasteiger partial charge in [-0.15, -0.1) is 0 Å². The molecule has 0 aliphatic heterocycles. The Morgan fingerprint density at radius 3 is 2.72 bits per heavy atom. The molecule has 0 bridgehead atoms. The number of benzene rings is 1. The third kappa shape index (κ3) is 2.61. The van der Waals surface area contributed by atoms with Gasteiger partial charge < -0.3 is 0 Å². The molecule has 1 aromatic heterocycles. The summed E-state index contributed by atoms with van der Waals surface area (Å²) in [7, 11) is 2.02. The van der Waals surface area contributed by atoms with Crippen LogP contribution < -0.4 is 0 Å². The molecule has 0 fully saturated rings. The van der Waals surface area contributed by atoms with E-state index in [9.17, 15) is 0 Å². The number of hydrogen-bond acceptors (Lipinski definition) is 1. The second-order valence-corrected chi connectivity index (χ2v) is 6.02. The van der Waals surface area contributed by atoms with Crippen LogP contribution >= 0.6 is 15.9 Å². The Balaban J connectivity index is 2.37.